The number of rotatable bonds is 3. The summed E-state index contributed by atoms with van der Waals surface area (Å²) < 4.78 is 0. The van der Waals surface area contributed by atoms with Gasteiger partial charge in [-0.2, -0.15) is 0 Å². The zero-order valence-corrected chi connectivity index (χ0v) is 10.9. The number of nitrogens with one attached hydrogen (secondary N) is 1. The lowest BCUT2D eigenvalue weighted by Gasteiger charge is -2.39. The van der Waals surface area contributed by atoms with E-state index in [0.29, 0.717) is 0 Å². The first-order valence-electron chi connectivity index (χ1n) is 6.93. The normalized spacial score (nSPS) is 26.4. The third kappa shape index (κ3) is 3.44. The molecule has 94 valence electrons. The standard InChI is InChI=1S/C13H27N3/c1-12(2)16-9-7-15(8-10-16)11-13-3-5-14-6-4-13/h12-14H,3-11H2,1-2H3. The Morgan fingerprint density at radius 3 is 2.25 bits per heavy atom. The average molecular weight is 225 g/mol. The Balaban J connectivity index is 1.68. The summed E-state index contributed by atoms with van der Waals surface area (Å²) in [4.78, 5) is 5.27. The molecule has 0 radical (unpaired) electrons. The highest BCUT2D eigenvalue weighted by Crippen LogP contribution is 2.15. The molecule has 0 saturated carbocycles. The topological polar surface area (TPSA) is 18.5 Å². The van der Waals surface area contributed by atoms with Gasteiger partial charge in [0.1, 0.15) is 0 Å². The highest BCUT2D eigenvalue weighted by Gasteiger charge is 2.22. The van der Waals surface area contributed by atoms with Gasteiger partial charge in [-0.1, -0.05) is 0 Å². The second-order valence-electron chi connectivity index (χ2n) is 5.62. The van der Waals surface area contributed by atoms with Crippen LogP contribution in [0.2, 0.25) is 0 Å². The maximum Gasteiger partial charge on any atom is 0.0113 e. The third-order valence-corrected chi connectivity index (χ3v) is 4.11. The summed E-state index contributed by atoms with van der Waals surface area (Å²) in [5.41, 5.74) is 0. The van der Waals surface area contributed by atoms with Gasteiger partial charge in [-0.25, -0.2) is 0 Å². The molecule has 2 saturated heterocycles. The zero-order valence-electron chi connectivity index (χ0n) is 10.9. The van der Waals surface area contributed by atoms with E-state index in [0.717, 1.165) is 12.0 Å². The Morgan fingerprint density at radius 1 is 1.06 bits per heavy atom. The van der Waals surface area contributed by atoms with Gasteiger partial charge in [-0.3, -0.25) is 4.90 Å². The van der Waals surface area contributed by atoms with Gasteiger partial charge in [0.15, 0.2) is 0 Å². The van der Waals surface area contributed by atoms with E-state index < -0.39 is 0 Å². The number of nitrogens with zero attached hydrogens (tertiary/aromatic N) is 2. The monoisotopic (exact) mass is 225 g/mol. The van der Waals surface area contributed by atoms with Crippen molar-refractivity contribution in [3.05, 3.63) is 0 Å². The highest BCUT2D eigenvalue weighted by atomic mass is 15.3. The van der Waals surface area contributed by atoms with E-state index in [1.54, 1.807) is 0 Å². The molecule has 3 heteroatoms. The summed E-state index contributed by atoms with van der Waals surface area (Å²) in [5, 5.41) is 3.45. The summed E-state index contributed by atoms with van der Waals surface area (Å²) in [6, 6.07) is 0.723. The smallest absolute Gasteiger partial charge is 0.0113 e. The first kappa shape index (κ1) is 12.3. The minimum atomic E-state index is 0.723. The molecule has 0 amide bonds. The van der Waals surface area contributed by atoms with Crippen molar-refractivity contribution in [1.82, 2.24) is 15.1 Å². The van der Waals surface area contributed by atoms with Crippen molar-refractivity contribution in [2.45, 2.75) is 32.7 Å². The van der Waals surface area contributed by atoms with Gasteiger partial charge in [0.2, 0.25) is 0 Å². The summed E-state index contributed by atoms with van der Waals surface area (Å²) in [6.07, 6.45) is 2.76. The van der Waals surface area contributed by atoms with Crippen molar-refractivity contribution in [2.24, 2.45) is 5.92 Å². The number of hydrogen-bond donors (Lipinski definition) is 1. The van der Waals surface area contributed by atoms with Gasteiger partial charge in [0.05, 0.1) is 0 Å². The lowest BCUT2D eigenvalue weighted by molar-refractivity contribution is 0.0920. The van der Waals surface area contributed by atoms with Gasteiger partial charge >= 0.3 is 0 Å². The third-order valence-electron chi connectivity index (χ3n) is 4.11. The van der Waals surface area contributed by atoms with E-state index in [1.165, 1.54) is 58.7 Å². The van der Waals surface area contributed by atoms with E-state index in [9.17, 15) is 0 Å². The fourth-order valence-electron chi connectivity index (χ4n) is 2.89. The molecule has 0 aromatic heterocycles. The van der Waals surface area contributed by atoms with Crippen molar-refractivity contribution >= 4 is 0 Å². The van der Waals surface area contributed by atoms with Crippen LogP contribution in [-0.4, -0.2) is 61.7 Å². The molecule has 2 aliphatic heterocycles. The largest absolute Gasteiger partial charge is 0.317 e. The molecule has 0 aromatic carbocycles. The minimum absolute atomic E-state index is 0.723. The summed E-state index contributed by atoms with van der Waals surface area (Å²) in [5.74, 6) is 0.951. The van der Waals surface area contributed by atoms with Crippen LogP contribution in [0.5, 0.6) is 0 Å². The van der Waals surface area contributed by atoms with Crippen LogP contribution < -0.4 is 5.32 Å². The van der Waals surface area contributed by atoms with Gasteiger partial charge in [0, 0.05) is 38.8 Å². The number of piperazine rings is 1. The molecule has 2 aliphatic rings. The van der Waals surface area contributed by atoms with Crippen LogP contribution in [0.25, 0.3) is 0 Å². The average Bonchev–Trinajstić information content (AvgIpc) is 2.31. The quantitative estimate of drug-likeness (QED) is 0.773. The van der Waals surface area contributed by atoms with E-state index in [4.69, 9.17) is 0 Å². The van der Waals surface area contributed by atoms with E-state index >= 15 is 0 Å². The molecule has 0 aromatic rings. The second kappa shape index (κ2) is 5.99. The Bertz CT molecular complexity index is 191. The van der Waals surface area contributed by atoms with Crippen LogP contribution in [0.15, 0.2) is 0 Å². The Labute approximate surface area is 100 Å². The SMILES string of the molecule is CC(C)N1CCN(CC2CCNCC2)CC1. The molecule has 1 N–H and O–H groups in total. The Morgan fingerprint density at radius 2 is 1.69 bits per heavy atom. The number of hydrogen-bond acceptors (Lipinski definition) is 3. The van der Waals surface area contributed by atoms with Crippen molar-refractivity contribution in [2.75, 3.05) is 45.8 Å². The van der Waals surface area contributed by atoms with Crippen molar-refractivity contribution in [3.63, 3.8) is 0 Å². The van der Waals surface area contributed by atoms with Gasteiger partial charge < -0.3 is 10.2 Å². The maximum atomic E-state index is 3.45. The summed E-state index contributed by atoms with van der Waals surface area (Å²) in [7, 11) is 0. The fourth-order valence-corrected chi connectivity index (χ4v) is 2.89. The molecular formula is C13H27N3. The van der Waals surface area contributed by atoms with E-state index in [2.05, 4.69) is 29.0 Å². The van der Waals surface area contributed by atoms with E-state index in [1.807, 2.05) is 0 Å². The van der Waals surface area contributed by atoms with Gasteiger partial charge in [-0.05, 0) is 45.7 Å². The van der Waals surface area contributed by atoms with Crippen molar-refractivity contribution in [1.29, 1.82) is 0 Å². The highest BCUT2D eigenvalue weighted by molar-refractivity contribution is 4.78. The molecule has 0 atom stereocenters. The summed E-state index contributed by atoms with van der Waals surface area (Å²) >= 11 is 0. The van der Waals surface area contributed by atoms with Crippen molar-refractivity contribution < 1.29 is 0 Å². The Kier molecular flexibility index (Phi) is 4.62. The number of piperidine rings is 1. The fraction of sp³-hybridized carbons (Fsp3) is 1.00. The molecule has 2 heterocycles. The molecule has 0 bridgehead atoms. The van der Waals surface area contributed by atoms with Crippen LogP contribution in [-0.2, 0) is 0 Å². The molecular weight excluding hydrogens is 198 g/mol. The first-order valence-corrected chi connectivity index (χ1v) is 6.93. The van der Waals surface area contributed by atoms with Gasteiger partial charge in [0.25, 0.3) is 0 Å². The molecule has 0 spiro atoms. The van der Waals surface area contributed by atoms with E-state index in [-0.39, 0.29) is 0 Å². The molecule has 2 fully saturated rings. The Hall–Kier alpha value is -0.120. The predicted octanol–water partition coefficient (Wildman–Crippen LogP) is 1.01. The van der Waals surface area contributed by atoms with Crippen molar-refractivity contribution in [3.8, 4) is 0 Å². The van der Waals surface area contributed by atoms with Crippen LogP contribution >= 0.6 is 0 Å². The lowest BCUT2D eigenvalue weighted by Crippen LogP contribution is -2.50. The zero-order chi connectivity index (χ0) is 11.4. The van der Waals surface area contributed by atoms with Crippen LogP contribution in [0.3, 0.4) is 0 Å². The summed E-state index contributed by atoms with van der Waals surface area (Å²) in [6.45, 7) is 13.5. The van der Waals surface area contributed by atoms with Crippen LogP contribution in [0, 0.1) is 5.92 Å². The molecule has 0 aliphatic carbocycles. The first-order chi connectivity index (χ1) is 7.75. The molecule has 16 heavy (non-hydrogen) atoms. The van der Waals surface area contributed by atoms with Crippen LogP contribution in [0.4, 0.5) is 0 Å². The lowest BCUT2D eigenvalue weighted by atomic mass is 9.97. The van der Waals surface area contributed by atoms with Gasteiger partial charge in [-0.15, -0.1) is 0 Å². The molecule has 3 nitrogen and oxygen atoms in total. The van der Waals surface area contributed by atoms with Crippen LogP contribution in [0.1, 0.15) is 26.7 Å². The molecule has 2 rings (SSSR count). The predicted molar refractivity (Wildman–Crippen MR) is 68.7 cm³/mol. The second-order valence-corrected chi connectivity index (χ2v) is 5.62. The minimum Gasteiger partial charge on any atom is -0.317 e. The molecule has 0 unspecified atom stereocenters. The maximum absolute atomic E-state index is 3.45.